The largest absolute Gasteiger partial charge is 0.508 e. The molecule has 0 spiro atoms. The van der Waals surface area contributed by atoms with Gasteiger partial charge in [0, 0.05) is 25.9 Å². The molecule has 0 unspecified atom stereocenters. The van der Waals surface area contributed by atoms with Crippen molar-refractivity contribution in [3.05, 3.63) is 131 Å². The number of phenols is 2. The van der Waals surface area contributed by atoms with Crippen LogP contribution in [0.2, 0.25) is 0 Å². The van der Waals surface area contributed by atoms with Gasteiger partial charge in [0.25, 0.3) is 0 Å². The highest BCUT2D eigenvalue weighted by atomic mass is 16.3. The van der Waals surface area contributed by atoms with E-state index < -0.39 is 24.2 Å². The second-order valence-corrected chi connectivity index (χ2v) is 15.6. The van der Waals surface area contributed by atoms with E-state index in [9.17, 15) is 29.4 Å². The molecule has 60 heavy (non-hydrogen) atoms. The van der Waals surface area contributed by atoms with Gasteiger partial charge in [-0.25, -0.2) is 0 Å². The Hall–Kier alpha value is -5.72. The minimum atomic E-state index is -0.796. The lowest BCUT2D eigenvalue weighted by atomic mass is 10.0. The van der Waals surface area contributed by atoms with Crippen molar-refractivity contribution in [3.8, 4) is 11.5 Å². The average Bonchev–Trinajstić information content (AvgIpc) is 3.25. The Morgan fingerprint density at radius 1 is 0.400 bits per heavy atom. The van der Waals surface area contributed by atoms with Gasteiger partial charge in [0.2, 0.25) is 23.6 Å². The molecule has 322 valence electrons. The van der Waals surface area contributed by atoms with Crippen molar-refractivity contribution in [2.24, 2.45) is 11.5 Å². The van der Waals surface area contributed by atoms with Crippen molar-refractivity contribution < 1.29 is 29.4 Å². The van der Waals surface area contributed by atoms with E-state index in [1.807, 2.05) is 60.7 Å². The SMILES string of the molecule is N[C@@H](Cc1ccccc1)C(=O)N[C@@H](Cc1ccc(O)cc1)C(=O)NCCCCCCCCCCCCNC(=O)[C@H](Cc1ccc(O)cc1)NC(=O)[C@@H](N)Cc1ccccc1. The average molecular weight is 821 g/mol. The molecule has 4 amide bonds. The fourth-order valence-electron chi connectivity index (χ4n) is 6.97. The summed E-state index contributed by atoms with van der Waals surface area (Å²) < 4.78 is 0. The van der Waals surface area contributed by atoms with Crippen LogP contribution in [-0.2, 0) is 44.9 Å². The molecule has 4 aromatic carbocycles. The third-order valence-corrected chi connectivity index (χ3v) is 10.5. The molecular formula is C48H64N6O6. The van der Waals surface area contributed by atoms with Gasteiger partial charge in [0.15, 0.2) is 0 Å². The lowest BCUT2D eigenvalue weighted by Crippen LogP contribution is -2.53. The molecule has 0 saturated heterocycles. The number of carbonyl (C=O) groups is 4. The van der Waals surface area contributed by atoms with Crippen LogP contribution in [0.5, 0.6) is 11.5 Å². The Kier molecular flexibility index (Phi) is 20.7. The summed E-state index contributed by atoms with van der Waals surface area (Å²) in [5, 5.41) is 31.0. The van der Waals surface area contributed by atoms with Crippen LogP contribution in [0.1, 0.15) is 86.5 Å². The normalized spacial score (nSPS) is 13.0. The number of aromatic hydroxyl groups is 2. The molecule has 0 aliphatic heterocycles. The number of nitrogens with one attached hydrogen (secondary N) is 4. The summed E-state index contributed by atoms with van der Waals surface area (Å²) in [6.07, 6.45) is 11.6. The predicted molar refractivity (Wildman–Crippen MR) is 236 cm³/mol. The van der Waals surface area contributed by atoms with Gasteiger partial charge >= 0.3 is 0 Å². The Labute approximate surface area is 354 Å². The molecule has 0 bridgehead atoms. The number of amides is 4. The third-order valence-electron chi connectivity index (χ3n) is 10.5. The number of rotatable bonds is 27. The quantitative estimate of drug-likeness (QED) is 0.0378. The van der Waals surface area contributed by atoms with Gasteiger partial charge in [-0.2, -0.15) is 0 Å². The second-order valence-electron chi connectivity index (χ2n) is 15.6. The fraction of sp³-hybridized carbons (Fsp3) is 0.417. The number of carbonyl (C=O) groups excluding carboxylic acids is 4. The van der Waals surface area contributed by atoms with Gasteiger partial charge in [0.05, 0.1) is 12.1 Å². The van der Waals surface area contributed by atoms with Gasteiger partial charge in [-0.3, -0.25) is 19.2 Å². The molecule has 0 aliphatic rings. The van der Waals surface area contributed by atoms with Crippen LogP contribution >= 0.6 is 0 Å². The zero-order valence-corrected chi connectivity index (χ0v) is 34.7. The van der Waals surface area contributed by atoms with E-state index in [1.165, 1.54) is 0 Å². The van der Waals surface area contributed by atoms with Crippen LogP contribution < -0.4 is 32.7 Å². The first kappa shape index (κ1) is 47.0. The minimum absolute atomic E-state index is 0.131. The molecule has 0 fully saturated rings. The Balaban J connectivity index is 1.07. The summed E-state index contributed by atoms with van der Waals surface area (Å²) in [4.78, 5) is 52.4. The van der Waals surface area contributed by atoms with E-state index in [2.05, 4.69) is 21.3 Å². The van der Waals surface area contributed by atoms with E-state index in [4.69, 9.17) is 11.5 Å². The summed E-state index contributed by atoms with van der Waals surface area (Å²) >= 11 is 0. The first-order valence-electron chi connectivity index (χ1n) is 21.4. The van der Waals surface area contributed by atoms with E-state index in [0.29, 0.717) is 25.9 Å². The van der Waals surface area contributed by atoms with Crippen molar-refractivity contribution in [1.29, 1.82) is 0 Å². The summed E-state index contributed by atoms with van der Waals surface area (Å²) in [6.45, 7) is 1.03. The van der Waals surface area contributed by atoms with Crippen LogP contribution in [0.3, 0.4) is 0 Å². The summed E-state index contributed by atoms with van der Waals surface area (Å²) in [6, 6.07) is 29.0. The molecule has 0 saturated carbocycles. The van der Waals surface area contributed by atoms with Crippen molar-refractivity contribution in [1.82, 2.24) is 21.3 Å². The number of benzene rings is 4. The Morgan fingerprint density at radius 2 is 0.700 bits per heavy atom. The molecule has 10 N–H and O–H groups in total. The standard InChI is InChI=1S/C48H64N6O6/c49-41(31-35-17-11-9-12-18-35)45(57)53-43(33-37-21-25-39(55)26-22-37)47(59)51-29-15-7-5-3-1-2-4-6-8-16-30-52-48(60)44(34-38-23-27-40(56)28-24-38)54-46(58)42(50)32-36-19-13-10-14-20-36/h9-14,17-28,41-44,55-56H,1-8,15-16,29-34,49-50H2,(H,51,59)(H,52,60)(H,53,57)(H,54,58)/t41-,42-,43-,44-/m0/s1. The maximum absolute atomic E-state index is 13.2. The highest BCUT2D eigenvalue weighted by Gasteiger charge is 2.26. The molecule has 4 atom stereocenters. The molecule has 4 aromatic rings. The lowest BCUT2D eigenvalue weighted by Gasteiger charge is -2.21. The number of phenolic OH excluding ortho intramolecular Hbond substituents is 2. The van der Waals surface area contributed by atoms with Crippen LogP contribution in [0, 0.1) is 0 Å². The summed E-state index contributed by atoms with van der Waals surface area (Å²) in [5.74, 6) is -1.04. The number of nitrogens with two attached hydrogens (primary N) is 2. The van der Waals surface area contributed by atoms with Gasteiger partial charge in [-0.05, 0) is 72.2 Å². The van der Waals surface area contributed by atoms with E-state index in [1.54, 1.807) is 48.5 Å². The van der Waals surface area contributed by atoms with E-state index >= 15 is 0 Å². The topological polar surface area (TPSA) is 209 Å². The van der Waals surface area contributed by atoms with E-state index in [0.717, 1.165) is 86.5 Å². The molecule has 0 aliphatic carbocycles. The first-order valence-corrected chi connectivity index (χ1v) is 21.4. The van der Waals surface area contributed by atoms with Crippen LogP contribution in [0.4, 0.5) is 0 Å². The molecule has 0 aromatic heterocycles. The molecule has 0 heterocycles. The number of hydrogen-bond donors (Lipinski definition) is 8. The van der Waals surface area contributed by atoms with Crippen molar-refractivity contribution in [3.63, 3.8) is 0 Å². The monoisotopic (exact) mass is 820 g/mol. The summed E-state index contributed by atoms with van der Waals surface area (Å²) in [7, 11) is 0. The Morgan fingerprint density at radius 3 is 1.03 bits per heavy atom. The molecule has 12 nitrogen and oxygen atoms in total. The predicted octanol–water partition coefficient (Wildman–Crippen LogP) is 5.13. The van der Waals surface area contributed by atoms with Crippen molar-refractivity contribution in [2.75, 3.05) is 13.1 Å². The van der Waals surface area contributed by atoms with Crippen LogP contribution in [-0.4, -0.2) is 71.1 Å². The highest BCUT2D eigenvalue weighted by molar-refractivity contribution is 5.90. The van der Waals surface area contributed by atoms with Crippen LogP contribution in [0.25, 0.3) is 0 Å². The van der Waals surface area contributed by atoms with Gasteiger partial charge in [0.1, 0.15) is 23.6 Å². The zero-order chi connectivity index (χ0) is 43.0. The minimum Gasteiger partial charge on any atom is -0.508 e. The molecule has 4 rings (SSSR count). The zero-order valence-electron chi connectivity index (χ0n) is 34.7. The van der Waals surface area contributed by atoms with Crippen molar-refractivity contribution >= 4 is 23.6 Å². The molecular weight excluding hydrogens is 757 g/mol. The third kappa shape index (κ3) is 18.0. The number of unbranched alkanes of at least 4 members (excludes halogenated alkanes) is 9. The molecule has 12 heteroatoms. The lowest BCUT2D eigenvalue weighted by molar-refractivity contribution is -0.129. The van der Waals surface area contributed by atoms with Crippen LogP contribution in [0.15, 0.2) is 109 Å². The molecule has 0 radical (unpaired) electrons. The fourth-order valence-corrected chi connectivity index (χ4v) is 6.97. The van der Waals surface area contributed by atoms with Crippen molar-refractivity contribution in [2.45, 2.75) is 114 Å². The number of hydrogen-bond acceptors (Lipinski definition) is 8. The van der Waals surface area contributed by atoms with Gasteiger partial charge in [-0.15, -0.1) is 0 Å². The maximum atomic E-state index is 13.2. The van der Waals surface area contributed by atoms with Gasteiger partial charge in [-0.1, -0.05) is 136 Å². The maximum Gasteiger partial charge on any atom is 0.242 e. The Bertz CT molecular complexity index is 1720. The summed E-state index contributed by atoms with van der Waals surface area (Å²) in [5.41, 5.74) is 15.9. The second kappa shape index (κ2) is 26.4. The van der Waals surface area contributed by atoms with Gasteiger partial charge < -0.3 is 42.9 Å². The highest BCUT2D eigenvalue weighted by Crippen LogP contribution is 2.15. The smallest absolute Gasteiger partial charge is 0.242 e. The first-order chi connectivity index (χ1) is 29.1. The van der Waals surface area contributed by atoms with E-state index in [-0.39, 0.29) is 48.0 Å².